The minimum absolute atomic E-state index is 0.257. The van der Waals surface area contributed by atoms with E-state index in [0.717, 1.165) is 43.6 Å². The molecule has 1 saturated heterocycles. The van der Waals surface area contributed by atoms with Crippen LogP contribution in [0.1, 0.15) is 12.7 Å². The van der Waals surface area contributed by atoms with Crippen LogP contribution in [-0.2, 0) is 6.42 Å². The van der Waals surface area contributed by atoms with Gasteiger partial charge in [0.05, 0.1) is 6.54 Å². The lowest BCUT2D eigenvalue weighted by atomic mass is 10.3. The monoisotopic (exact) mass is 270 g/mol. The van der Waals surface area contributed by atoms with Crippen molar-refractivity contribution in [2.24, 2.45) is 10.9 Å². The van der Waals surface area contributed by atoms with Gasteiger partial charge in [-0.2, -0.15) is 4.37 Å². The molecule has 100 valence electrons. The first-order chi connectivity index (χ1) is 8.72. The third-order valence-corrected chi connectivity index (χ3v) is 3.75. The number of nitrogens with zero attached hydrogens (tertiary/aromatic N) is 5. The van der Waals surface area contributed by atoms with Gasteiger partial charge in [0, 0.05) is 44.1 Å². The average molecular weight is 270 g/mol. The van der Waals surface area contributed by atoms with Crippen LogP contribution in [0.3, 0.4) is 0 Å². The van der Waals surface area contributed by atoms with Crippen molar-refractivity contribution in [1.82, 2.24) is 14.3 Å². The van der Waals surface area contributed by atoms with Crippen LogP contribution >= 0.6 is 11.5 Å². The number of piperazine rings is 1. The largest absolute Gasteiger partial charge is 0.409 e. The molecule has 1 aliphatic heterocycles. The minimum atomic E-state index is 0.257. The van der Waals surface area contributed by atoms with Crippen LogP contribution in [0, 0.1) is 0 Å². The first-order valence-electron chi connectivity index (χ1n) is 5.99. The van der Waals surface area contributed by atoms with Crippen molar-refractivity contribution in [2.75, 3.05) is 37.6 Å². The lowest BCUT2D eigenvalue weighted by Crippen LogP contribution is -2.48. The Morgan fingerprint density at radius 2 is 2.17 bits per heavy atom. The van der Waals surface area contributed by atoms with E-state index in [0.29, 0.717) is 6.54 Å². The van der Waals surface area contributed by atoms with Crippen molar-refractivity contribution >= 4 is 22.5 Å². The van der Waals surface area contributed by atoms with Crippen LogP contribution in [0.4, 0.5) is 5.13 Å². The summed E-state index contributed by atoms with van der Waals surface area (Å²) in [5, 5.41) is 12.5. The van der Waals surface area contributed by atoms with Crippen molar-refractivity contribution in [3.8, 4) is 0 Å². The van der Waals surface area contributed by atoms with E-state index >= 15 is 0 Å². The summed E-state index contributed by atoms with van der Waals surface area (Å²) in [5.74, 6) is 1.17. The molecule has 3 N–H and O–H groups in total. The molecule has 1 aromatic heterocycles. The standard InChI is InChI=1S/C10H18N6OS/c1-2-9-12-10(18-14-9)16-5-3-15(4-6-16)7-8(11)13-17/h17H,2-7H2,1H3,(H2,11,13). The maximum absolute atomic E-state index is 8.53. The molecular weight excluding hydrogens is 252 g/mol. The predicted molar refractivity (Wildman–Crippen MR) is 71.3 cm³/mol. The summed E-state index contributed by atoms with van der Waals surface area (Å²) in [6.07, 6.45) is 0.875. The van der Waals surface area contributed by atoms with Crippen molar-refractivity contribution < 1.29 is 5.21 Å². The first kappa shape index (κ1) is 13.0. The lowest BCUT2D eigenvalue weighted by Gasteiger charge is -2.33. The third-order valence-electron chi connectivity index (χ3n) is 2.93. The van der Waals surface area contributed by atoms with E-state index in [9.17, 15) is 0 Å². The summed E-state index contributed by atoms with van der Waals surface area (Å²) in [6.45, 7) is 6.14. The summed E-state index contributed by atoms with van der Waals surface area (Å²) in [6, 6.07) is 0. The molecule has 0 amide bonds. The molecular formula is C10H18N6OS. The SMILES string of the molecule is CCc1nsc(N2CCN(CC(N)=NO)CC2)n1. The molecule has 0 atom stereocenters. The Morgan fingerprint density at radius 1 is 1.44 bits per heavy atom. The maximum Gasteiger partial charge on any atom is 0.205 e. The predicted octanol–water partition coefficient (Wildman–Crippen LogP) is -0.0311. The molecule has 18 heavy (non-hydrogen) atoms. The van der Waals surface area contributed by atoms with Gasteiger partial charge in [-0.1, -0.05) is 12.1 Å². The summed E-state index contributed by atoms with van der Waals surface area (Å²) in [4.78, 5) is 8.88. The summed E-state index contributed by atoms with van der Waals surface area (Å²) in [7, 11) is 0. The fraction of sp³-hybridized carbons (Fsp3) is 0.700. The van der Waals surface area contributed by atoms with Crippen LogP contribution in [0.15, 0.2) is 5.16 Å². The number of aromatic nitrogens is 2. The molecule has 0 saturated carbocycles. The highest BCUT2D eigenvalue weighted by atomic mass is 32.1. The molecule has 0 spiro atoms. The lowest BCUT2D eigenvalue weighted by molar-refractivity contribution is 0.278. The van der Waals surface area contributed by atoms with Crippen LogP contribution in [0.2, 0.25) is 0 Å². The van der Waals surface area contributed by atoms with Gasteiger partial charge >= 0.3 is 0 Å². The number of rotatable bonds is 4. The number of aryl methyl sites for hydroxylation is 1. The first-order valence-corrected chi connectivity index (χ1v) is 6.76. The van der Waals surface area contributed by atoms with E-state index in [4.69, 9.17) is 10.9 Å². The molecule has 0 aliphatic carbocycles. The summed E-state index contributed by atoms with van der Waals surface area (Å²) in [5.41, 5.74) is 5.50. The third kappa shape index (κ3) is 3.08. The van der Waals surface area contributed by atoms with Crippen LogP contribution in [0.5, 0.6) is 0 Å². The Bertz CT molecular complexity index is 412. The van der Waals surface area contributed by atoms with Crippen molar-refractivity contribution in [1.29, 1.82) is 0 Å². The smallest absolute Gasteiger partial charge is 0.205 e. The Kier molecular flexibility index (Phi) is 4.32. The summed E-state index contributed by atoms with van der Waals surface area (Å²) < 4.78 is 4.29. The quantitative estimate of drug-likeness (QED) is 0.345. The molecule has 1 aromatic rings. The molecule has 0 aromatic carbocycles. The van der Waals surface area contributed by atoms with Gasteiger partial charge in [-0.05, 0) is 0 Å². The number of amidine groups is 1. The van der Waals surface area contributed by atoms with E-state index in [1.807, 2.05) is 0 Å². The molecule has 0 radical (unpaired) electrons. The summed E-state index contributed by atoms with van der Waals surface area (Å²) >= 11 is 1.46. The maximum atomic E-state index is 8.53. The molecule has 0 bridgehead atoms. The van der Waals surface area contributed by atoms with E-state index < -0.39 is 0 Å². The van der Waals surface area contributed by atoms with E-state index in [1.165, 1.54) is 11.5 Å². The zero-order valence-electron chi connectivity index (χ0n) is 10.4. The Balaban J connectivity index is 1.86. The number of oxime groups is 1. The van der Waals surface area contributed by atoms with Crippen LogP contribution in [-0.4, -0.2) is 58.0 Å². The zero-order chi connectivity index (χ0) is 13.0. The molecule has 2 heterocycles. The number of hydrogen-bond donors (Lipinski definition) is 2. The van der Waals surface area contributed by atoms with Gasteiger partial charge in [0.2, 0.25) is 5.13 Å². The van der Waals surface area contributed by atoms with Gasteiger partial charge in [0.25, 0.3) is 0 Å². The van der Waals surface area contributed by atoms with E-state index in [1.54, 1.807) is 0 Å². The van der Waals surface area contributed by atoms with Gasteiger partial charge in [0.15, 0.2) is 5.84 Å². The van der Waals surface area contributed by atoms with Gasteiger partial charge < -0.3 is 15.8 Å². The highest BCUT2D eigenvalue weighted by molar-refractivity contribution is 7.09. The fourth-order valence-corrected chi connectivity index (χ4v) is 2.68. The highest BCUT2D eigenvalue weighted by Crippen LogP contribution is 2.19. The molecule has 2 rings (SSSR count). The number of nitrogens with two attached hydrogens (primary N) is 1. The average Bonchev–Trinajstić information content (AvgIpc) is 2.88. The number of hydrogen-bond acceptors (Lipinski definition) is 7. The number of anilines is 1. The van der Waals surface area contributed by atoms with Crippen LogP contribution in [0.25, 0.3) is 0 Å². The molecule has 8 heteroatoms. The van der Waals surface area contributed by atoms with Crippen molar-refractivity contribution in [3.05, 3.63) is 5.82 Å². The van der Waals surface area contributed by atoms with Gasteiger partial charge in [-0.3, -0.25) is 4.90 Å². The Labute approximate surface area is 110 Å². The molecule has 1 fully saturated rings. The highest BCUT2D eigenvalue weighted by Gasteiger charge is 2.20. The Morgan fingerprint density at radius 3 is 2.72 bits per heavy atom. The van der Waals surface area contributed by atoms with Crippen LogP contribution < -0.4 is 10.6 Å². The van der Waals surface area contributed by atoms with Gasteiger partial charge in [0.1, 0.15) is 5.82 Å². The second kappa shape index (κ2) is 5.96. The second-order valence-electron chi connectivity index (χ2n) is 4.20. The van der Waals surface area contributed by atoms with E-state index in [-0.39, 0.29) is 5.84 Å². The Hall–Kier alpha value is -1.41. The van der Waals surface area contributed by atoms with Crippen molar-refractivity contribution in [2.45, 2.75) is 13.3 Å². The molecule has 1 aliphatic rings. The van der Waals surface area contributed by atoms with Crippen molar-refractivity contribution in [3.63, 3.8) is 0 Å². The fourth-order valence-electron chi connectivity index (χ4n) is 1.87. The topological polar surface area (TPSA) is 90.9 Å². The normalized spacial score (nSPS) is 18.3. The van der Waals surface area contributed by atoms with Gasteiger partial charge in [-0.15, -0.1) is 0 Å². The molecule has 7 nitrogen and oxygen atoms in total. The second-order valence-corrected chi connectivity index (χ2v) is 4.93. The minimum Gasteiger partial charge on any atom is -0.409 e. The van der Waals surface area contributed by atoms with Gasteiger partial charge in [-0.25, -0.2) is 4.98 Å². The van der Waals surface area contributed by atoms with E-state index in [2.05, 4.69) is 31.2 Å². The zero-order valence-corrected chi connectivity index (χ0v) is 11.2. The molecule has 0 unspecified atom stereocenters.